The predicted octanol–water partition coefficient (Wildman–Crippen LogP) is 0.648. The van der Waals surface area contributed by atoms with Crippen LogP contribution in [0, 0.1) is 0 Å². The number of rotatable bonds is 4. The Morgan fingerprint density at radius 2 is 2.54 bits per heavy atom. The molecule has 0 aliphatic rings. The van der Waals surface area contributed by atoms with Crippen LogP contribution in [-0.2, 0) is 11.8 Å². The Balaban J connectivity index is 2.35. The number of hydrogen-bond donors (Lipinski definition) is 1. The molecule has 1 heterocycles. The molecule has 72 valence electrons. The highest BCUT2D eigenvalue weighted by atomic mass is 32.2. The molecule has 0 radical (unpaired) electrons. The minimum Gasteiger partial charge on any atom is -0.356 e. The van der Waals surface area contributed by atoms with Crippen LogP contribution in [0.25, 0.3) is 0 Å². The molecule has 4 nitrogen and oxygen atoms in total. The lowest BCUT2D eigenvalue weighted by molar-refractivity contribution is -0.118. The molecular weight excluding hydrogens is 186 g/mol. The van der Waals surface area contributed by atoms with Gasteiger partial charge in [-0.3, -0.25) is 4.79 Å². The van der Waals surface area contributed by atoms with Crippen molar-refractivity contribution < 1.29 is 4.79 Å². The number of carbonyl (C=O) groups is 1. The Labute approximate surface area is 81.7 Å². The summed E-state index contributed by atoms with van der Waals surface area (Å²) in [7, 11) is 1.91. The second-order valence-electron chi connectivity index (χ2n) is 2.56. The number of aromatic nitrogens is 2. The maximum Gasteiger partial charge on any atom is 0.230 e. The first-order chi connectivity index (χ1) is 6.24. The van der Waals surface area contributed by atoms with E-state index in [4.69, 9.17) is 0 Å². The van der Waals surface area contributed by atoms with Gasteiger partial charge in [0.15, 0.2) is 5.16 Å². The molecule has 0 aromatic carbocycles. The molecule has 0 aliphatic heterocycles. The van der Waals surface area contributed by atoms with Crippen molar-refractivity contribution in [3.8, 4) is 0 Å². The van der Waals surface area contributed by atoms with E-state index in [2.05, 4.69) is 10.3 Å². The monoisotopic (exact) mass is 199 g/mol. The predicted molar refractivity (Wildman–Crippen MR) is 52.6 cm³/mol. The second-order valence-corrected chi connectivity index (χ2v) is 3.51. The maximum absolute atomic E-state index is 11.1. The van der Waals surface area contributed by atoms with Gasteiger partial charge < -0.3 is 9.88 Å². The smallest absolute Gasteiger partial charge is 0.230 e. The largest absolute Gasteiger partial charge is 0.356 e. The number of aryl methyl sites for hydroxylation is 1. The van der Waals surface area contributed by atoms with Gasteiger partial charge in [-0.25, -0.2) is 4.98 Å². The molecule has 5 heteroatoms. The van der Waals surface area contributed by atoms with Crippen LogP contribution >= 0.6 is 11.8 Å². The first kappa shape index (κ1) is 10.1. The van der Waals surface area contributed by atoms with Gasteiger partial charge in [-0.1, -0.05) is 11.8 Å². The Morgan fingerprint density at radius 3 is 3.08 bits per heavy atom. The molecule has 1 aromatic heterocycles. The van der Waals surface area contributed by atoms with Crippen molar-refractivity contribution in [2.75, 3.05) is 12.3 Å². The molecule has 13 heavy (non-hydrogen) atoms. The lowest BCUT2D eigenvalue weighted by atomic mass is 10.6. The summed E-state index contributed by atoms with van der Waals surface area (Å²) in [6, 6.07) is 0. The summed E-state index contributed by atoms with van der Waals surface area (Å²) in [6.07, 6.45) is 3.58. The third-order valence-electron chi connectivity index (χ3n) is 1.48. The normalized spacial score (nSPS) is 10.0. The van der Waals surface area contributed by atoms with Gasteiger partial charge in [0.05, 0.1) is 5.75 Å². The van der Waals surface area contributed by atoms with Crippen molar-refractivity contribution in [3.63, 3.8) is 0 Å². The van der Waals surface area contributed by atoms with Crippen LogP contribution in [0.1, 0.15) is 6.92 Å². The van der Waals surface area contributed by atoms with Crippen LogP contribution in [0.5, 0.6) is 0 Å². The Morgan fingerprint density at radius 1 is 1.77 bits per heavy atom. The zero-order valence-electron chi connectivity index (χ0n) is 7.78. The molecule has 0 saturated carbocycles. The first-order valence-corrected chi connectivity index (χ1v) is 5.09. The van der Waals surface area contributed by atoms with E-state index < -0.39 is 0 Å². The molecule has 0 bridgehead atoms. The number of carbonyl (C=O) groups excluding carboxylic acids is 1. The quantitative estimate of drug-likeness (QED) is 0.724. The number of hydrogen-bond acceptors (Lipinski definition) is 3. The van der Waals surface area contributed by atoms with Crippen LogP contribution < -0.4 is 5.32 Å². The van der Waals surface area contributed by atoms with E-state index in [-0.39, 0.29) is 5.91 Å². The van der Waals surface area contributed by atoms with E-state index in [1.807, 2.05) is 24.7 Å². The third-order valence-corrected chi connectivity index (χ3v) is 2.54. The number of nitrogens with zero attached hydrogens (tertiary/aromatic N) is 2. The van der Waals surface area contributed by atoms with Gasteiger partial charge in [-0.15, -0.1) is 0 Å². The molecule has 0 atom stereocenters. The maximum atomic E-state index is 11.1. The molecule has 0 unspecified atom stereocenters. The van der Waals surface area contributed by atoms with Crippen LogP contribution in [0.4, 0.5) is 0 Å². The molecule has 1 rings (SSSR count). The number of amides is 1. The van der Waals surface area contributed by atoms with Crippen LogP contribution in [-0.4, -0.2) is 27.8 Å². The second kappa shape index (κ2) is 4.91. The van der Waals surface area contributed by atoms with Crippen molar-refractivity contribution in [2.24, 2.45) is 7.05 Å². The van der Waals surface area contributed by atoms with E-state index in [1.54, 1.807) is 6.20 Å². The number of nitrogens with one attached hydrogen (secondary N) is 1. The van der Waals surface area contributed by atoms with E-state index in [0.29, 0.717) is 12.3 Å². The lowest BCUT2D eigenvalue weighted by Gasteiger charge is -2.01. The fourth-order valence-electron chi connectivity index (χ4n) is 0.869. The van der Waals surface area contributed by atoms with Gasteiger partial charge in [-0.2, -0.15) is 0 Å². The van der Waals surface area contributed by atoms with Crippen molar-refractivity contribution >= 4 is 17.7 Å². The van der Waals surface area contributed by atoms with Gasteiger partial charge in [0.25, 0.3) is 0 Å². The molecule has 1 N–H and O–H groups in total. The van der Waals surface area contributed by atoms with Gasteiger partial charge >= 0.3 is 0 Å². The molecule has 0 aliphatic carbocycles. The molecule has 1 aromatic rings. The average molecular weight is 199 g/mol. The third kappa shape index (κ3) is 3.10. The molecule has 0 spiro atoms. The van der Waals surface area contributed by atoms with Crippen molar-refractivity contribution in [1.82, 2.24) is 14.9 Å². The molecule has 1 amide bonds. The topological polar surface area (TPSA) is 46.9 Å². The number of imidazole rings is 1. The zero-order valence-corrected chi connectivity index (χ0v) is 8.60. The van der Waals surface area contributed by atoms with E-state index in [9.17, 15) is 4.79 Å². The van der Waals surface area contributed by atoms with Crippen molar-refractivity contribution in [3.05, 3.63) is 12.4 Å². The van der Waals surface area contributed by atoms with Crippen LogP contribution in [0.2, 0.25) is 0 Å². The average Bonchev–Trinajstić information content (AvgIpc) is 2.48. The van der Waals surface area contributed by atoms with Gasteiger partial charge in [0.1, 0.15) is 0 Å². The van der Waals surface area contributed by atoms with Gasteiger partial charge in [0.2, 0.25) is 5.91 Å². The van der Waals surface area contributed by atoms with Crippen LogP contribution in [0.3, 0.4) is 0 Å². The summed E-state index contributed by atoms with van der Waals surface area (Å²) >= 11 is 1.44. The van der Waals surface area contributed by atoms with Crippen molar-refractivity contribution in [1.29, 1.82) is 0 Å². The van der Waals surface area contributed by atoms with E-state index in [0.717, 1.165) is 5.16 Å². The summed E-state index contributed by atoms with van der Waals surface area (Å²) in [6.45, 7) is 2.59. The summed E-state index contributed by atoms with van der Waals surface area (Å²) in [5.41, 5.74) is 0. The van der Waals surface area contributed by atoms with Crippen LogP contribution in [0.15, 0.2) is 17.6 Å². The first-order valence-electron chi connectivity index (χ1n) is 4.11. The molecule has 0 saturated heterocycles. The van der Waals surface area contributed by atoms with Gasteiger partial charge in [0, 0.05) is 26.0 Å². The highest BCUT2D eigenvalue weighted by molar-refractivity contribution is 7.99. The fourth-order valence-corrected chi connectivity index (χ4v) is 1.63. The summed E-state index contributed by atoms with van der Waals surface area (Å²) in [4.78, 5) is 15.2. The fraction of sp³-hybridized carbons (Fsp3) is 0.500. The molecule has 0 fully saturated rings. The zero-order chi connectivity index (χ0) is 9.68. The Hall–Kier alpha value is -0.970. The summed E-state index contributed by atoms with van der Waals surface area (Å²) in [5, 5.41) is 3.60. The highest BCUT2D eigenvalue weighted by Gasteiger charge is 2.03. The van der Waals surface area contributed by atoms with Gasteiger partial charge in [-0.05, 0) is 6.92 Å². The SMILES string of the molecule is CCNC(=O)CSc1nccn1C. The summed E-state index contributed by atoms with van der Waals surface area (Å²) < 4.78 is 1.89. The van der Waals surface area contributed by atoms with E-state index >= 15 is 0 Å². The standard InChI is InChI=1S/C8H13N3OS/c1-3-9-7(12)6-13-8-10-4-5-11(8)2/h4-5H,3,6H2,1-2H3,(H,9,12). The number of thioether (sulfide) groups is 1. The highest BCUT2D eigenvalue weighted by Crippen LogP contribution is 2.13. The Bertz CT molecular complexity index is 285. The lowest BCUT2D eigenvalue weighted by Crippen LogP contribution is -2.24. The molecular formula is C8H13N3OS. The summed E-state index contributed by atoms with van der Waals surface area (Å²) in [5.74, 6) is 0.481. The minimum absolute atomic E-state index is 0.0514. The van der Waals surface area contributed by atoms with E-state index in [1.165, 1.54) is 11.8 Å². The van der Waals surface area contributed by atoms with Crippen molar-refractivity contribution in [2.45, 2.75) is 12.1 Å². The Kier molecular flexibility index (Phi) is 3.82. The minimum atomic E-state index is 0.0514.